The molecule has 0 aliphatic heterocycles. The summed E-state index contributed by atoms with van der Waals surface area (Å²) in [7, 11) is 0. The van der Waals surface area contributed by atoms with E-state index in [1.165, 1.54) is 0 Å². The first-order valence-electron chi connectivity index (χ1n) is 5.69. The molecule has 0 unspecified atom stereocenters. The third-order valence-corrected chi connectivity index (χ3v) is 3.37. The monoisotopic (exact) mass is 257 g/mol. The van der Waals surface area contributed by atoms with E-state index in [9.17, 15) is 0 Å². The fourth-order valence-electron chi connectivity index (χ4n) is 2.04. The lowest BCUT2D eigenvalue weighted by molar-refractivity contribution is 0.713. The van der Waals surface area contributed by atoms with Crippen molar-refractivity contribution in [3.8, 4) is 0 Å². The molecule has 0 radical (unpaired) electrons. The maximum atomic E-state index is 6.18. The lowest BCUT2D eigenvalue weighted by atomic mass is 10.2. The highest BCUT2D eigenvalue weighted by Gasteiger charge is 2.08. The van der Waals surface area contributed by atoms with Crippen LogP contribution in [0.3, 0.4) is 0 Å². The largest absolute Gasteiger partial charge is 0.398 e. The summed E-state index contributed by atoms with van der Waals surface area (Å²) < 4.78 is 1.91. The van der Waals surface area contributed by atoms with Crippen molar-refractivity contribution >= 4 is 28.2 Å². The minimum absolute atomic E-state index is 0.582. The second-order valence-corrected chi connectivity index (χ2v) is 4.58. The number of rotatable bonds is 2. The summed E-state index contributed by atoms with van der Waals surface area (Å²) in [5.74, 6) is 0. The number of halogens is 1. The zero-order chi connectivity index (χ0) is 12.5. The molecule has 1 heterocycles. The fourth-order valence-corrected chi connectivity index (χ4v) is 2.29. The van der Waals surface area contributed by atoms with Gasteiger partial charge in [-0.15, -0.1) is 0 Å². The van der Waals surface area contributed by atoms with Crippen LogP contribution in [0.4, 0.5) is 5.69 Å². The zero-order valence-electron chi connectivity index (χ0n) is 9.68. The molecule has 0 amide bonds. The van der Waals surface area contributed by atoms with Crippen LogP contribution in [0.5, 0.6) is 0 Å². The molecule has 3 rings (SSSR count). The predicted molar refractivity (Wildman–Crippen MR) is 74.7 cm³/mol. The van der Waals surface area contributed by atoms with Crippen molar-refractivity contribution in [2.24, 2.45) is 0 Å². The van der Waals surface area contributed by atoms with Gasteiger partial charge in [0.2, 0.25) is 0 Å². The number of aromatic nitrogens is 2. The minimum atomic E-state index is 0.582. The van der Waals surface area contributed by atoms with Gasteiger partial charge in [-0.3, -0.25) is 4.68 Å². The van der Waals surface area contributed by atoms with Gasteiger partial charge in [-0.1, -0.05) is 35.9 Å². The minimum Gasteiger partial charge on any atom is -0.398 e. The van der Waals surface area contributed by atoms with E-state index in [4.69, 9.17) is 17.3 Å². The Bertz CT molecular complexity index is 683. The summed E-state index contributed by atoms with van der Waals surface area (Å²) in [5, 5.41) is 6.16. The van der Waals surface area contributed by atoms with Crippen molar-refractivity contribution in [2.75, 3.05) is 5.73 Å². The van der Waals surface area contributed by atoms with Crippen molar-refractivity contribution in [2.45, 2.75) is 6.54 Å². The quantitative estimate of drug-likeness (QED) is 0.716. The Morgan fingerprint density at radius 1 is 1.11 bits per heavy atom. The SMILES string of the molecule is Nc1cccc(Cl)c1Cn1ncc2ccccc21. The Morgan fingerprint density at radius 2 is 1.94 bits per heavy atom. The highest BCUT2D eigenvalue weighted by molar-refractivity contribution is 6.31. The first kappa shape index (κ1) is 11.1. The number of hydrogen-bond donors (Lipinski definition) is 1. The molecule has 2 aromatic carbocycles. The van der Waals surface area contributed by atoms with E-state index in [0.29, 0.717) is 17.3 Å². The number of benzene rings is 2. The second kappa shape index (κ2) is 4.35. The molecule has 2 N–H and O–H groups in total. The van der Waals surface area contributed by atoms with Gasteiger partial charge in [0.05, 0.1) is 18.3 Å². The Kier molecular flexibility index (Phi) is 2.68. The molecular weight excluding hydrogens is 246 g/mol. The average molecular weight is 258 g/mol. The smallest absolute Gasteiger partial charge is 0.0701 e. The fraction of sp³-hybridized carbons (Fsp3) is 0.0714. The van der Waals surface area contributed by atoms with E-state index in [-0.39, 0.29) is 0 Å². The molecule has 90 valence electrons. The van der Waals surface area contributed by atoms with Crippen LogP contribution in [0, 0.1) is 0 Å². The third kappa shape index (κ3) is 1.83. The van der Waals surface area contributed by atoms with Crippen molar-refractivity contribution in [3.63, 3.8) is 0 Å². The van der Waals surface area contributed by atoms with Crippen LogP contribution in [-0.2, 0) is 6.54 Å². The van der Waals surface area contributed by atoms with Gasteiger partial charge < -0.3 is 5.73 Å². The van der Waals surface area contributed by atoms with E-state index in [0.717, 1.165) is 16.5 Å². The van der Waals surface area contributed by atoms with Crippen molar-refractivity contribution < 1.29 is 0 Å². The normalized spacial score (nSPS) is 10.9. The summed E-state index contributed by atoms with van der Waals surface area (Å²) in [6, 6.07) is 13.6. The third-order valence-electron chi connectivity index (χ3n) is 3.01. The molecular formula is C14H12ClN3. The first-order chi connectivity index (χ1) is 8.75. The highest BCUT2D eigenvalue weighted by atomic mass is 35.5. The summed E-state index contributed by atoms with van der Waals surface area (Å²) >= 11 is 6.18. The number of nitrogen functional groups attached to an aromatic ring is 1. The van der Waals surface area contributed by atoms with Crippen LogP contribution in [0.2, 0.25) is 5.02 Å². The molecule has 0 fully saturated rings. The maximum absolute atomic E-state index is 6.18. The highest BCUT2D eigenvalue weighted by Crippen LogP contribution is 2.24. The molecule has 0 saturated heterocycles. The first-order valence-corrected chi connectivity index (χ1v) is 6.07. The van der Waals surface area contributed by atoms with Crippen molar-refractivity contribution in [1.82, 2.24) is 9.78 Å². The van der Waals surface area contributed by atoms with E-state index < -0.39 is 0 Å². The molecule has 0 saturated carbocycles. The molecule has 0 atom stereocenters. The van der Waals surface area contributed by atoms with E-state index in [1.807, 2.05) is 53.3 Å². The molecule has 3 nitrogen and oxygen atoms in total. The lowest BCUT2D eigenvalue weighted by Crippen LogP contribution is -2.05. The summed E-state index contributed by atoms with van der Waals surface area (Å²) in [6.45, 7) is 0.582. The van der Waals surface area contributed by atoms with Gasteiger partial charge in [0.25, 0.3) is 0 Å². The number of para-hydroxylation sites is 1. The van der Waals surface area contributed by atoms with Gasteiger partial charge in [-0.25, -0.2) is 0 Å². The van der Waals surface area contributed by atoms with Gasteiger partial charge in [0.15, 0.2) is 0 Å². The average Bonchev–Trinajstić information content (AvgIpc) is 2.77. The molecule has 0 aliphatic carbocycles. The van der Waals surface area contributed by atoms with Gasteiger partial charge >= 0.3 is 0 Å². The van der Waals surface area contributed by atoms with E-state index in [1.54, 1.807) is 0 Å². The van der Waals surface area contributed by atoms with Crippen LogP contribution >= 0.6 is 11.6 Å². The van der Waals surface area contributed by atoms with Crippen molar-refractivity contribution in [3.05, 3.63) is 59.2 Å². The van der Waals surface area contributed by atoms with Crippen LogP contribution in [0.1, 0.15) is 5.56 Å². The van der Waals surface area contributed by atoms with Gasteiger partial charge in [-0.05, 0) is 18.2 Å². The van der Waals surface area contributed by atoms with Crippen LogP contribution in [-0.4, -0.2) is 9.78 Å². The molecule has 0 aliphatic rings. The molecule has 3 aromatic rings. The number of nitrogens with two attached hydrogens (primary N) is 1. The van der Waals surface area contributed by atoms with Gasteiger partial charge in [-0.2, -0.15) is 5.10 Å². The standard InChI is InChI=1S/C14H12ClN3/c15-12-5-3-6-13(16)11(12)9-18-14-7-2-1-4-10(14)8-17-18/h1-8H,9,16H2. The number of hydrogen-bond acceptors (Lipinski definition) is 2. The number of nitrogens with zero attached hydrogens (tertiary/aromatic N) is 2. The Morgan fingerprint density at radius 3 is 2.78 bits per heavy atom. The molecule has 4 heteroatoms. The van der Waals surface area contributed by atoms with Crippen LogP contribution < -0.4 is 5.73 Å². The van der Waals surface area contributed by atoms with Crippen LogP contribution in [0.15, 0.2) is 48.7 Å². The molecule has 1 aromatic heterocycles. The zero-order valence-corrected chi connectivity index (χ0v) is 10.4. The summed E-state index contributed by atoms with van der Waals surface area (Å²) in [4.78, 5) is 0. The number of anilines is 1. The summed E-state index contributed by atoms with van der Waals surface area (Å²) in [6.07, 6.45) is 1.85. The Labute approximate surface area is 110 Å². The van der Waals surface area contributed by atoms with Gasteiger partial charge in [0.1, 0.15) is 0 Å². The topological polar surface area (TPSA) is 43.8 Å². The summed E-state index contributed by atoms with van der Waals surface area (Å²) in [5.41, 5.74) is 8.64. The van der Waals surface area contributed by atoms with Gasteiger partial charge in [0, 0.05) is 21.7 Å². The molecule has 18 heavy (non-hydrogen) atoms. The molecule has 0 bridgehead atoms. The Hall–Kier alpha value is -2.00. The lowest BCUT2D eigenvalue weighted by Gasteiger charge is -2.09. The second-order valence-electron chi connectivity index (χ2n) is 4.17. The Balaban J connectivity index is 2.07. The number of fused-ring (bicyclic) bond motifs is 1. The molecule has 0 spiro atoms. The van der Waals surface area contributed by atoms with Crippen LogP contribution in [0.25, 0.3) is 10.9 Å². The maximum Gasteiger partial charge on any atom is 0.0701 e. The van der Waals surface area contributed by atoms with E-state index in [2.05, 4.69) is 5.10 Å². The van der Waals surface area contributed by atoms with E-state index >= 15 is 0 Å². The van der Waals surface area contributed by atoms with Crippen molar-refractivity contribution in [1.29, 1.82) is 0 Å². The predicted octanol–water partition coefficient (Wildman–Crippen LogP) is 3.32.